The van der Waals surface area contributed by atoms with Crippen molar-refractivity contribution >= 4 is 64.7 Å². The molecule has 3 aliphatic rings. The van der Waals surface area contributed by atoms with Gasteiger partial charge >= 0.3 is 0 Å². The van der Waals surface area contributed by atoms with E-state index in [9.17, 15) is 38.4 Å². The van der Waals surface area contributed by atoms with Crippen molar-refractivity contribution in [3.8, 4) is 0 Å². The molecule has 0 bridgehead atoms. The molecule has 3 aliphatic heterocycles. The van der Waals surface area contributed by atoms with E-state index in [0.29, 0.717) is 114 Å². The zero-order chi connectivity index (χ0) is 49.8. The van der Waals surface area contributed by atoms with Crippen LogP contribution in [0, 0.1) is 5.92 Å². The molecule has 0 radical (unpaired) electrons. The third kappa shape index (κ3) is 21.2. The number of thioether (sulfide) groups is 1. The number of hydrogen-bond donors (Lipinski definition) is 8. The van der Waals surface area contributed by atoms with E-state index in [0.717, 1.165) is 43.1 Å². The molecule has 3 fully saturated rings. The standard InChI is InChI=1S/C48H75N9O11S/c1-4-40(58)54-36-13-7-12-34(28-36)30-53-47(64)38-14-9-21-57(38)48(65)37(55-46(63)33(2)49-3)31-52-43(61)18-8-17-42(60)51-20-11-23-67-25-27-68-26-24-66-22-10-19-50-41(59)16-6-5-15-39-45-35(32-69-39)29-44(62)56-45/h4,7,12-13,28,33,35,37-39,45,49H,1,5-6,8-11,14-27,29-32H2,2-3H3,(H,50,59)(H,51,60)(H,52,61)(H,53,64)(H,54,58)(H,55,63)(H,56,62)/t33-,35-,37-,38-,39-,45-/m0/s1. The Kier molecular flexibility index (Phi) is 26.1. The van der Waals surface area contributed by atoms with Crippen molar-refractivity contribution in [3.63, 3.8) is 0 Å². The first kappa shape index (κ1) is 56.5. The molecule has 21 heteroatoms. The van der Waals surface area contributed by atoms with E-state index in [1.807, 2.05) is 11.8 Å². The Morgan fingerprint density at radius 2 is 1.51 bits per heavy atom. The fourth-order valence-corrected chi connectivity index (χ4v) is 9.81. The molecule has 8 amide bonds. The molecule has 6 atom stereocenters. The van der Waals surface area contributed by atoms with Gasteiger partial charge in [-0.2, -0.15) is 11.8 Å². The summed E-state index contributed by atoms with van der Waals surface area (Å²) in [5, 5.41) is 23.2. The van der Waals surface area contributed by atoms with Crippen LogP contribution in [0.3, 0.4) is 0 Å². The Morgan fingerprint density at radius 3 is 2.17 bits per heavy atom. The topological polar surface area (TPSA) is 264 Å². The van der Waals surface area contributed by atoms with Gasteiger partial charge in [-0.3, -0.25) is 38.4 Å². The summed E-state index contributed by atoms with van der Waals surface area (Å²) < 4.78 is 16.7. The van der Waals surface area contributed by atoms with Crippen LogP contribution in [0.1, 0.15) is 89.5 Å². The largest absolute Gasteiger partial charge is 0.379 e. The van der Waals surface area contributed by atoms with Gasteiger partial charge in [0.2, 0.25) is 47.3 Å². The van der Waals surface area contributed by atoms with E-state index in [1.54, 1.807) is 38.2 Å². The summed E-state index contributed by atoms with van der Waals surface area (Å²) in [6, 6.07) is 4.76. The summed E-state index contributed by atoms with van der Waals surface area (Å²) >= 11 is 1.95. The van der Waals surface area contributed by atoms with Crippen molar-refractivity contribution in [3.05, 3.63) is 42.5 Å². The second kappa shape index (κ2) is 31.9. The highest BCUT2D eigenvalue weighted by Gasteiger charge is 2.43. The first-order valence-electron chi connectivity index (χ1n) is 24.4. The fraction of sp³-hybridized carbons (Fsp3) is 0.667. The average Bonchev–Trinajstić information content (AvgIpc) is 4.08. The van der Waals surface area contributed by atoms with Gasteiger partial charge in [-0.05, 0) is 94.4 Å². The van der Waals surface area contributed by atoms with Crippen molar-refractivity contribution in [1.29, 1.82) is 0 Å². The number of amides is 8. The summed E-state index contributed by atoms with van der Waals surface area (Å²) in [6.45, 7) is 8.97. The summed E-state index contributed by atoms with van der Waals surface area (Å²) in [5.41, 5.74) is 1.28. The molecule has 3 heterocycles. The maximum absolute atomic E-state index is 13.9. The second-order valence-corrected chi connectivity index (χ2v) is 18.7. The number of fused-ring (bicyclic) bond motifs is 1. The molecule has 0 spiro atoms. The predicted octanol–water partition coefficient (Wildman–Crippen LogP) is 1.04. The summed E-state index contributed by atoms with van der Waals surface area (Å²) in [4.78, 5) is 102. The van der Waals surface area contributed by atoms with Crippen molar-refractivity contribution in [1.82, 2.24) is 42.1 Å². The average molecular weight is 986 g/mol. The number of carbonyl (C=O) groups excluding carboxylic acids is 8. The van der Waals surface area contributed by atoms with Crippen molar-refractivity contribution < 1.29 is 52.6 Å². The van der Waals surface area contributed by atoms with Gasteiger partial charge in [-0.25, -0.2) is 0 Å². The first-order chi connectivity index (χ1) is 33.4. The van der Waals surface area contributed by atoms with Gasteiger partial charge < -0.3 is 61.6 Å². The lowest BCUT2D eigenvalue weighted by Gasteiger charge is -2.29. The molecule has 0 aliphatic carbocycles. The van der Waals surface area contributed by atoms with Gasteiger partial charge in [-0.1, -0.05) is 25.1 Å². The van der Waals surface area contributed by atoms with Crippen LogP contribution in [0.4, 0.5) is 5.69 Å². The molecule has 4 rings (SSSR count). The van der Waals surface area contributed by atoms with E-state index in [-0.39, 0.29) is 67.8 Å². The summed E-state index contributed by atoms with van der Waals surface area (Å²) in [5.74, 6) is -0.506. The van der Waals surface area contributed by atoms with Crippen molar-refractivity contribution in [2.45, 2.75) is 120 Å². The van der Waals surface area contributed by atoms with Crippen LogP contribution in [-0.4, -0.2) is 160 Å². The van der Waals surface area contributed by atoms with Crippen LogP contribution in [0.5, 0.6) is 0 Å². The molecule has 8 N–H and O–H groups in total. The second-order valence-electron chi connectivity index (χ2n) is 17.4. The minimum absolute atomic E-state index is 0.0286. The van der Waals surface area contributed by atoms with Crippen LogP contribution >= 0.6 is 11.8 Å². The Morgan fingerprint density at radius 1 is 0.855 bits per heavy atom. The molecule has 3 saturated heterocycles. The van der Waals surface area contributed by atoms with Gasteiger partial charge in [0.15, 0.2) is 0 Å². The number of nitrogens with one attached hydrogen (secondary N) is 8. The number of likely N-dealkylation sites (N-methyl/N-ethyl adjacent to an activating group) is 1. The van der Waals surface area contributed by atoms with Crippen LogP contribution in [0.15, 0.2) is 36.9 Å². The zero-order valence-electron chi connectivity index (χ0n) is 40.4. The van der Waals surface area contributed by atoms with Gasteiger partial charge in [0, 0.05) is 88.6 Å². The smallest absolute Gasteiger partial charge is 0.247 e. The van der Waals surface area contributed by atoms with Gasteiger partial charge in [0.1, 0.15) is 12.1 Å². The van der Waals surface area contributed by atoms with E-state index in [1.165, 1.54) is 4.90 Å². The zero-order valence-corrected chi connectivity index (χ0v) is 41.2. The van der Waals surface area contributed by atoms with E-state index < -0.39 is 29.9 Å². The molecule has 384 valence electrons. The molecule has 0 unspecified atom stereocenters. The number of anilines is 1. The number of likely N-dealkylation sites (tertiary alicyclic amines) is 1. The lowest BCUT2D eigenvalue weighted by Crippen LogP contribution is -2.58. The van der Waals surface area contributed by atoms with Gasteiger partial charge in [0.25, 0.3) is 0 Å². The van der Waals surface area contributed by atoms with Crippen molar-refractivity contribution in [2.75, 3.05) is 83.9 Å². The third-order valence-electron chi connectivity index (χ3n) is 12.1. The number of carbonyl (C=O) groups is 8. The molecule has 1 aromatic carbocycles. The lowest BCUT2D eigenvalue weighted by atomic mass is 9.97. The minimum atomic E-state index is -1.13. The maximum Gasteiger partial charge on any atom is 0.247 e. The number of hydrogen-bond acceptors (Lipinski definition) is 13. The lowest BCUT2D eigenvalue weighted by molar-refractivity contribution is -0.141. The number of ether oxygens (including phenoxy) is 3. The predicted molar refractivity (Wildman–Crippen MR) is 262 cm³/mol. The first-order valence-corrected chi connectivity index (χ1v) is 25.5. The Balaban J connectivity index is 0.981. The Labute approximate surface area is 410 Å². The number of rotatable bonds is 34. The highest BCUT2D eigenvalue weighted by molar-refractivity contribution is 8.00. The molecule has 69 heavy (non-hydrogen) atoms. The number of benzene rings is 1. The SMILES string of the molecule is C=CC(=O)Nc1cccc(CNC(=O)[C@@H]2CCCN2C(=O)[C@H](CNC(=O)CCCC(=O)NCCCOCCOCCOCCCNC(=O)CCCC[C@@H]2SC[C@@H]3CC(=O)N[C@@H]32)NC(=O)[C@H](C)NC)c1. The molecule has 0 aromatic heterocycles. The highest BCUT2D eigenvalue weighted by Crippen LogP contribution is 2.39. The van der Waals surface area contributed by atoms with Crippen LogP contribution in [0.2, 0.25) is 0 Å². The fourth-order valence-electron chi connectivity index (χ4n) is 8.16. The molecular weight excluding hydrogens is 911 g/mol. The monoisotopic (exact) mass is 986 g/mol. The molecule has 20 nitrogen and oxygen atoms in total. The summed E-state index contributed by atoms with van der Waals surface area (Å²) in [7, 11) is 1.61. The summed E-state index contributed by atoms with van der Waals surface area (Å²) in [6.07, 6.45) is 7.94. The highest BCUT2D eigenvalue weighted by atomic mass is 32.2. The number of unbranched alkanes of at least 4 members (excludes halogenated alkanes) is 1. The molecular formula is C48H75N9O11S. The van der Waals surface area contributed by atoms with E-state index in [2.05, 4.69) is 49.1 Å². The van der Waals surface area contributed by atoms with Crippen LogP contribution in [-0.2, 0) is 59.1 Å². The maximum atomic E-state index is 13.9. The Hall–Kier alpha value is -5.09. The molecule has 1 aromatic rings. The number of nitrogens with zero attached hydrogens (tertiary/aromatic N) is 1. The minimum Gasteiger partial charge on any atom is -0.379 e. The third-order valence-corrected chi connectivity index (χ3v) is 13.7. The normalized spacial score (nSPS) is 19.2. The molecule has 0 saturated carbocycles. The van der Waals surface area contributed by atoms with Crippen LogP contribution in [0.25, 0.3) is 0 Å². The Bertz CT molecular complexity index is 1860. The van der Waals surface area contributed by atoms with Crippen LogP contribution < -0.4 is 42.5 Å². The van der Waals surface area contributed by atoms with Gasteiger partial charge in [0.05, 0.1) is 32.5 Å². The quantitative estimate of drug-likeness (QED) is 0.0355. The van der Waals surface area contributed by atoms with E-state index in [4.69, 9.17) is 14.2 Å². The van der Waals surface area contributed by atoms with Gasteiger partial charge in [-0.15, -0.1) is 0 Å². The van der Waals surface area contributed by atoms with Crippen molar-refractivity contribution in [2.24, 2.45) is 5.92 Å². The van der Waals surface area contributed by atoms with E-state index >= 15 is 0 Å².